The molecule has 0 radical (unpaired) electrons. The minimum absolute atomic E-state index is 0.0330. The fraction of sp³-hybridized carbons (Fsp3) is 0.316. The van der Waals surface area contributed by atoms with Crippen LogP contribution in [0.2, 0.25) is 0 Å². The van der Waals surface area contributed by atoms with Crippen LogP contribution < -0.4 is 5.56 Å². The molecule has 0 aromatic carbocycles. The maximum Gasteiger partial charge on any atom is 0.261 e. The summed E-state index contributed by atoms with van der Waals surface area (Å²) in [5.41, 5.74) is 1.40. The van der Waals surface area contributed by atoms with Gasteiger partial charge in [-0.25, -0.2) is 8.42 Å². The molecule has 0 N–H and O–H groups in total. The molecule has 0 amide bonds. The van der Waals surface area contributed by atoms with E-state index in [1.54, 1.807) is 46.3 Å². The van der Waals surface area contributed by atoms with E-state index in [4.69, 9.17) is 4.42 Å². The number of piperidine rings is 1. The van der Waals surface area contributed by atoms with E-state index in [9.17, 15) is 13.2 Å². The fourth-order valence-corrected chi connectivity index (χ4v) is 6.96. The Kier molecular flexibility index (Phi) is 3.89. The van der Waals surface area contributed by atoms with E-state index in [0.29, 0.717) is 35.2 Å². The molecule has 2 atom stereocenters. The van der Waals surface area contributed by atoms with Crippen molar-refractivity contribution >= 4 is 21.4 Å². The predicted molar refractivity (Wildman–Crippen MR) is 102 cm³/mol. The van der Waals surface area contributed by atoms with Crippen LogP contribution in [0.15, 0.2) is 61.5 Å². The molecule has 1 fully saturated rings. The topological polar surface area (TPSA) is 72.5 Å². The Hall–Kier alpha value is -2.16. The normalized spacial score (nSPS) is 22.5. The van der Waals surface area contributed by atoms with Gasteiger partial charge in [0.15, 0.2) is 0 Å². The summed E-state index contributed by atoms with van der Waals surface area (Å²) in [6, 6.07) is 10.7. The van der Waals surface area contributed by atoms with Crippen LogP contribution in [-0.4, -0.2) is 30.4 Å². The minimum atomic E-state index is -3.47. The number of sulfonamides is 1. The van der Waals surface area contributed by atoms with E-state index in [-0.39, 0.29) is 17.4 Å². The van der Waals surface area contributed by atoms with Crippen LogP contribution in [-0.2, 0) is 16.6 Å². The lowest BCUT2D eigenvalue weighted by Crippen LogP contribution is -2.49. The lowest BCUT2D eigenvalue weighted by molar-refractivity contribution is 0.186. The van der Waals surface area contributed by atoms with E-state index in [1.807, 2.05) is 10.6 Å². The summed E-state index contributed by atoms with van der Waals surface area (Å²) < 4.78 is 35.0. The zero-order valence-corrected chi connectivity index (χ0v) is 16.1. The molecule has 6 nitrogen and oxygen atoms in total. The molecule has 27 heavy (non-hydrogen) atoms. The number of aromatic nitrogens is 1. The van der Waals surface area contributed by atoms with Crippen LogP contribution in [0.3, 0.4) is 0 Å². The van der Waals surface area contributed by atoms with Gasteiger partial charge in [0, 0.05) is 31.2 Å². The molecule has 8 heteroatoms. The molecule has 2 aliphatic rings. The third-order valence-electron chi connectivity index (χ3n) is 5.45. The van der Waals surface area contributed by atoms with Crippen molar-refractivity contribution in [3.05, 3.63) is 64.1 Å². The lowest BCUT2D eigenvalue weighted by atomic mass is 9.84. The molecule has 0 spiro atoms. The molecule has 5 heterocycles. The Morgan fingerprint density at radius 1 is 1.07 bits per heavy atom. The van der Waals surface area contributed by atoms with Crippen LogP contribution in [0, 0.1) is 5.92 Å². The molecule has 1 saturated heterocycles. The average Bonchev–Trinajstić information content (AvgIpc) is 3.36. The molecular formula is C19H18N2O4S2. The highest BCUT2D eigenvalue weighted by Crippen LogP contribution is 2.38. The number of nitrogens with zero attached hydrogens (tertiary/aromatic N) is 2. The molecule has 0 aliphatic carbocycles. The Morgan fingerprint density at radius 2 is 1.96 bits per heavy atom. The van der Waals surface area contributed by atoms with Gasteiger partial charge in [-0.2, -0.15) is 4.31 Å². The van der Waals surface area contributed by atoms with E-state index in [0.717, 1.165) is 12.1 Å². The predicted octanol–water partition coefficient (Wildman–Crippen LogP) is 2.98. The highest BCUT2D eigenvalue weighted by Gasteiger charge is 2.40. The van der Waals surface area contributed by atoms with Crippen LogP contribution >= 0.6 is 11.3 Å². The summed E-state index contributed by atoms with van der Waals surface area (Å²) in [6.45, 7) is 1.40. The highest BCUT2D eigenvalue weighted by molar-refractivity contribution is 7.91. The molecule has 3 aromatic rings. The SMILES string of the molecule is O=c1c(-c2ccco2)ccc2n1CC1CC2CN(S(=O)(=O)c2cccs2)C1. The molecule has 140 valence electrons. The number of fused-ring (bicyclic) bond motifs is 4. The maximum atomic E-state index is 13.0. The quantitative estimate of drug-likeness (QED) is 0.675. The number of thiophene rings is 1. The first-order chi connectivity index (χ1) is 13.0. The van der Waals surface area contributed by atoms with Crippen LogP contribution in [0.25, 0.3) is 11.3 Å². The minimum Gasteiger partial charge on any atom is -0.464 e. The second-order valence-corrected chi connectivity index (χ2v) is 10.2. The Labute approximate surface area is 160 Å². The highest BCUT2D eigenvalue weighted by atomic mass is 32.2. The van der Waals surface area contributed by atoms with Crippen molar-refractivity contribution in [2.45, 2.75) is 23.1 Å². The number of hydrogen-bond acceptors (Lipinski definition) is 5. The third-order valence-corrected chi connectivity index (χ3v) is 8.65. The molecule has 0 saturated carbocycles. The van der Waals surface area contributed by atoms with Crippen molar-refractivity contribution in [1.82, 2.24) is 8.87 Å². The van der Waals surface area contributed by atoms with Gasteiger partial charge in [-0.05, 0) is 48.1 Å². The molecule has 2 unspecified atom stereocenters. The van der Waals surface area contributed by atoms with Crippen molar-refractivity contribution in [2.75, 3.05) is 13.1 Å². The zero-order chi connectivity index (χ0) is 18.6. The monoisotopic (exact) mass is 402 g/mol. The van der Waals surface area contributed by atoms with E-state index >= 15 is 0 Å². The Morgan fingerprint density at radius 3 is 2.70 bits per heavy atom. The molecule has 2 bridgehead atoms. The van der Waals surface area contributed by atoms with Gasteiger partial charge in [0.2, 0.25) is 0 Å². The van der Waals surface area contributed by atoms with Crippen LogP contribution in [0.5, 0.6) is 0 Å². The molecular weight excluding hydrogens is 384 g/mol. The van der Waals surface area contributed by atoms with Crippen LogP contribution in [0.1, 0.15) is 18.0 Å². The first kappa shape index (κ1) is 17.0. The Bertz CT molecular complexity index is 1130. The van der Waals surface area contributed by atoms with Crippen molar-refractivity contribution in [1.29, 1.82) is 0 Å². The van der Waals surface area contributed by atoms with Crippen molar-refractivity contribution in [3.63, 3.8) is 0 Å². The molecule has 3 aromatic heterocycles. The van der Waals surface area contributed by atoms with Gasteiger partial charge < -0.3 is 8.98 Å². The largest absolute Gasteiger partial charge is 0.464 e. The fourth-order valence-electron chi connectivity index (χ4n) is 4.26. The summed E-state index contributed by atoms with van der Waals surface area (Å²) in [5.74, 6) is 0.731. The number of pyridine rings is 1. The first-order valence-corrected chi connectivity index (χ1v) is 11.2. The second-order valence-electron chi connectivity index (χ2n) is 7.12. The average molecular weight is 402 g/mol. The molecule has 2 aliphatic heterocycles. The van der Waals surface area contributed by atoms with Gasteiger partial charge in [0.25, 0.3) is 15.6 Å². The summed E-state index contributed by atoms with van der Waals surface area (Å²) >= 11 is 1.24. The zero-order valence-electron chi connectivity index (χ0n) is 14.4. The summed E-state index contributed by atoms with van der Waals surface area (Å²) in [7, 11) is -3.47. The first-order valence-electron chi connectivity index (χ1n) is 8.85. The van der Waals surface area contributed by atoms with E-state index < -0.39 is 10.0 Å². The smallest absolute Gasteiger partial charge is 0.261 e. The standard InChI is InChI=1S/C19H18N2O4S2/c22-19-15(17-3-1-7-25-17)5-6-16-14-9-13(11-21(16)19)10-20(12-14)27(23,24)18-4-2-8-26-18/h1-8,13-14H,9-12H2. The maximum absolute atomic E-state index is 13.0. The van der Waals surface area contributed by atoms with E-state index in [2.05, 4.69) is 0 Å². The van der Waals surface area contributed by atoms with Crippen LogP contribution in [0.4, 0.5) is 0 Å². The third kappa shape index (κ3) is 2.70. The summed E-state index contributed by atoms with van der Waals surface area (Å²) in [4.78, 5) is 13.0. The number of furan rings is 1. The van der Waals surface area contributed by atoms with Crippen molar-refractivity contribution in [3.8, 4) is 11.3 Å². The summed E-state index contributed by atoms with van der Waals surface area (Å²) in [5, 5.41) is 1.78. The number of hydrogen-bond donors (Lipinski definition) is 0. The van der Waals surface area contributed by atoms with Gasteiger partial charge in [-0.3, -0.25) is 4.79 Å². The van der Waals surface area contributed by atoms with Gasteiger partial charge >= 0.3 is 0 Å². The van der Waals surface area contributed by atoms with E-state index in [1.165, 1.54) is 11.3 Å². The van der Waals surface area contributed by atoms with Gasteiger partial charge in [-0.1, -0.05) is 6.07 Å². The number of rotatable bonds is 3. The van der Waals surface area contributed by atoms with Gasteiger partial charge in [-0.15, -0.1) is 11.3 Å². The lowest BCUT2D eigenvalue weighted by Gasteiger charge is -2.42. The summed E-state index contributed by atoms with van der Waals surface area (Å²) in [6.07, 6.45) is 2.47. The van der Waals surface area contributed by atoms with Crippen molar-refractivity contribution in [2.24, 2.45) is 5.92 Å². The molecule has 5 rings (SSSR count). The van der Waals surface area contributed by atoms with Gasteiger partial charge in [0.05, 0.1) is 11.8 Å². The second kappa shape index (κ2) is 6.19. The Balaban J connectivity index is 1.52. The van der Waals surface area contributed by atoms with Gasteiger partial charge in [0.1, 0.15) is 9.97 Å². The van der Waals surface area contributed by atoms with Crippen molar-refractivity contribution < 1.29 is 12.8 Å².